The first-order valence-corrected chi connectivity index (χ1v) is 9.75. The predicted octanol–water partition coefficient (Wildman–Crippen LogP) is 4.82. The first-order chi connectivity index (χ1) is 14.9. The van der Waals surface area contributed by atoms with Gasteiger partial charge >= 0.3 is 0 Å². The van der Waals surface area contributed by atoms with Gasteiger partial charge in [-0.15, -0.1) is 0 Å². The van der Waals surface area contributed by atoms with Crippen molar-refractivity contribution in [2.45, 2.75) is 25.1 Å². The molecule has 0 N–H and O–H groups in total. The van der Waals surface area contributed by atoms with E-state index < -0.39 is 17.0 Å². The Kier molecular flexibility index (Phi) is 4.39. The van der Waals surface area contributed by atoms with Crippen LogP contribution < -0.4 is 9.47 Å². The number of rotatable bonds is 4. The van der Waals surface area contributed by atoms with Gasteiger partial charge in [0.15, 0.2) is 23.5 Å². The van der Waals surface area contributed by atoms with E-state index in [0.717, 1.165) is 16.7 Å². The summed E-state index contributed by atoms with van der Waals surface area (Å²) in [4.78, 5) is 12.7. The van der Waals surface area contributed by atoms with E-state index in [1.807, 2.05) is 12.1 Å². The molecular formula is C23H19F2N3O3. The lowest BCUT2D eigenvalue weighted by molar-refractivity contribution is 0.120. The third kappa shape index (κ3) is 3.37. The Balaban J connectivity index is 1.64. The number of aromatic nitrogens is 2. The van der Waals surface area contributed by atoms with E-state index in [-0.39, 0.29) is 24.7 Å². The minimum Gasteiger partial charge on any atom is -0.490 e. The van der Waals surface area contributed by atoms with Crippen molar-refractivity contribution in [3.05, 3.63) is 66.0 Å². The summed E-state index contributed by atoms with van der Waals surface area (Å²) < 4.78 is 45.9. The molecule has 1 spiro atoms. The van der Waals surface area contributed by atoms with Gasteiger partial charge in [0.2, 0.25) is 0 Å². The van der Waals surface area contributed by atoms with Crippen LogP contribution in [-0.2, 0) is 10.3 Å². The normalized spacial score (nSPS) is 18.8. The summed E-state index contributed by atoms with van der Waals surface area (Å²) in [5.41, 5.74) is 0.288. The molecule has 0 amide bonds. The molecule has 0 bridgehead atoms. The molecule has 5 rings (SSSR count). The highest BCUT2D eigenvalue weighted by molar-refractivity contribution is 5.70. The van der Waals surface area contributed by atoms with Crippen LogP contribution in [0.3, 0.4) is 0 Å². The zero-order valence-electron chi connectivity index (χ0n) is 16.9. The lowest BCUT2D eigenvalue weighted by Crippen LogP contribution is -2.31. The fourth-order valence-electron chi connectivity index (χ4n) is 3.76. The van der Waals surface area contributed by atoms with E-state index >= 15 is 4.39 Å². The summed E-state index contributed by atoms with van der Waals surface area (Å²) in [6.07, 6.45) is 6.23. The molecule has 1 aromatic heterocycles. The van der Waals surface area contributed by atoms with Gasteiger partial charge in [-0.1, -0.05) is 6.07 Å². The van der Waals surface area contributed by atoms with Gasteiger partial charge in [0.05, 0.1) is 0 Å². The number of hydrogen-bond donors (Lipinski definition) is 0. The average Bonchev–Trinajstić information content (AvgIpc) is 3.24. The van der Waals surface area contributed by atoms with Crippen LogP contribution in [0, 0.1) is 5.82 Å². The van der Waals surface area contributed by atoms with Gasteiger partial charge in [-0.05, 0) is 37.6 Å². The fraction of sp³-hybridized carbons (Fsp3) is 0.261. The standard InChI is InChI=1S/C23H19F2N3O3/c1-22(2,25)10-30-16-6-18-21(19(24)7-16)31-20-4-3-14(15-8-26-12-27-9-15)5-17(20)23(18)11-29-13-28-23/h3-9,12-13H,10-11H2,1-2H3/t23-/m0/s1. The van der Waals surface area contributed by atoms with Gasteiger partial charge in [0.25, 0.3) is 0 Å². The number of aliphatic imine (C=N–C) groups is 1. The van der Waals surface area contributed by atoms with Crippen LogP contribution in [-0.4, -0.2) is 35.3 Å². The molecule has 158 valence electrons. The van der Waals surface area contributed by atoms with Gasteiger partial charge in [-0.3, -0.25) is 0 Å². The molecule has 2 aliphatic rings. The van der Waals surface area contributed by atoms with Crippen LogP contribution in [0.25, 0.3) is 11.1 Å². The Morgan fingerprint density at radius 2 is 1.90 bits per heavy atom. The van der Waals surface area contributed by atoms with Crippen LogP contribution in [0.5, 0.6) is 17.2 Å². The molecule has 8 heteroatoms. The van der Waals surface area contributed by atoms with E-state index in [2.05, 4.69) is 15.0 Å². The van der Waals surface area contributed by atoms with E-state index in [0.29, 0.717) is 11.3 Å². The zero-order chi connectivity index (χ0) is 21.6. The van der Waals surface area contributed by atoms with E-state index in [1.54, 1.807) is 24.5 Å². The molecule has 2 aliphatic heterocycles. The van der Waals surface area contributed by atoms with Crippen LogP contribution >= 0.6 is 0 Å². The van der Waals surface area contributed by atoms with E-state index in [4.69, 9.17) is 14.2 Å². The number of fused-ring (bicyclic) bond motifs is 4. The third-order valence-corrected chi connectivity index (χ3v) is 5.22. The quantitative estimate of drug-likeness (QED) is 0.602. The highest BCUT2D eigenvalue weighted by Crippen LogP contribution is 2.53. The maximum Gasteiger partial charge on any atom is 0.170 e. The summed E-state index contributed by atoms with van der Waals surface area (Å²) in [7, 11) is 0. The molecule has 1 atom stereocenters. The van der Waals surface area contributed by atoms with Crippen molar-refractivity contribution in [2.24, 2.45) is 4.99 Å². The molecule has 2 aromatic carbocycles. The van der Waals surface area contributed by atoms with Crippen molar-refractivity contribution in [2.75, 3.05) is 13.2 Å². The summed E-state index contributed by atoms with van der Waals surface area (Å²) in [6.45, 7) is 2.75. The second-order valence-corrected chi connectivity index (χ2v) is 8.14. The minimum atomic E-state index is -1.56. The second kappa shape index (κ2) is 7.01. The largest absolute Gasteiger partial charge is 0.490 e. The number of halogens is 2. The van der Waals surface area contributed by atoms with Gasteiger partial charge in [-0.25, -0.2) is 23.7 Å². The number of hydrogen-bond acceptors (Lipinski definition) is 6. The first kappa shape index (κ1) is 19.4. The Morgan fingerprint density at radius 3 is 2.61 bits per heavy atom. The predicted molar refractivity (Wildman–Crippen MR) is 110 cm³/mol. The Bertz CT molecular complexity index is 1180. The maximum absolute atomic E-state index is 15.0. The Morgan fingerprint density at radius 1 is 1.10 bits per heavy atom. The van der Waals surface area contributed by atoms with Crippen molar-refractivity contribution < 1.29 is 23.0 Å². The molecule has 0 radical (unpaired) electrons. The topological polar surface area (TPSA) is 65.8 Å². The Labute approximate surface area is 177 Å². The van der Waals surface area contributed by atoms with Crippen molar-refractivity contribution in [3.63, 3.8) is 0 Å². The summed E-state index contributed by atoms with van der Waals surface area (Å²) >= 11 is 0. The highest BCUT2D eigenvalue weighted by atomic mass is 19.1. The minimum absolute atomic E-state index is 0.0535. The SMILES string of the molecule is CC(C)(F)COc1cc(F)c2c(c1)[C@]1(COC=N1)c1cc(-c3cncnc3)ccc1O2. The fourth-order valence-corrected chi connectivity index (χ4v) is 3.76. The molecule has 0 fully saturated rings. The second-order valence-electron chi connectivity index (χ2n) is 8.14. The summed E-state index contributed by atoms with van der Waals surface area (Å²) in [5.74, 6) is 0.117. The molecular weight excluding hydrogens is 404 g/mol. The van der Waals surface area contributed by atoms with Crippen LogP contribution in [0.2, 0.25) is 0 Å². The van der Waals surface area contributed by atoms with Crippen LogP contribution in [0.1, 0.15) is 25.0 Å². The average molecular weight is 423 g/mol. The molecule has 0 aliphatic carbocycles. The monoisotopic (exact) mass is 423 g/mol. The van der Waals surface area contributed by atoms with Gasteiger partial charge in [0.1, 0.15) is 36.7 Å². The number of nitrogens with zero attached hydrogens (tertiary/aromatic N) is 3. The lowest BCUT2D eigenvalue weighted by Gasteiger charge is -2.34. The smallest absolute Gasteiger partial charge is 0.170 e. The molecule has 0 saturated carbocycles. The summed E-state index contributed by atoms with van der Waals surface area (Å²) in [6, 6.07) is 8.37. The molecule has 31 heavy (non-hydrogen) atoms. The number of alkyl halides is 1. The summed E-state index contributed by atoms with van der Waals surface area (Å²) in [5, 5.41) is 0. The molecule has 0 saturated heterocycles. The molecule has 6 nitrogen and oxygen atoms in total. The molecule has 3 aromatic rings. The van der Waals surface area contributed by atoms with Crippen molar-refractivity contribution in [3.8, 4) is 28.4 Å². The Hall–Kier alpha value is -3.55. The van der Waals surface area contributed by atoms with Crippen molar-refractivity contribution >= 4 is 6.40 Å². The zero-order valence-corrected chi connectivity index (χ0v) is 16.9. The number of ether oxygens (including phenoxy) is 3. The van der Waals surface area contributed by atoms with Gasteiger partial charge < -0.3 is 14.2 Å². The molecule has 0 unspecified atom stereocenters. The lowest BCUT2D eigenvalue weighted by atomic mass is 9.80. The number of benzene rings is 2. The first-order valence-electron chi connectivity index (χ1n) is 9.75. The van der Waals surface area contributed by atoms with Gasteiger partial charge in [0, 0.05) is 35.2 Å². The van der Waals surface area contributed by atoms with Gasteiger partial charge in [-0.2, -0.15) is 0 Å². The van der Waals surface area contributed by atoms with Crippen molar-refractivity contribution in [1.29, 1.82) is 0 Å². The van der Waals surface area contributed by atoms with Crippen LogP contribution in [0.15, 0.2) is 54.0 Å². The van der Waals surface area contributed by atoms with Crippen LogP contribution in [0.4, 0.5) is 8.78 Å². The van der Waals surface area contributed by atoms with Crippen molar-refractivity contribution in [1.82, 2.24) is 9.97 Å². The maximum atomic E-state index is 15.0. The van der Waals surface area contributed by atoms with E-state index in [9.17, 15) is 4.39 Å². The highest BCUT2D eigenvalue weighted by Gasteiger charge is 2.46. The third-order valence-electron chi connectivity index (χ3n) is 5.22. The van der Waals surface area contributed by atoms with E-state index in [1.165, 1.54) is 32.6 Å². The molecule has 3 heterocycles.